The van der Waals surface area contributed by atoms with Crippen LogP contribution in [0, 0.1) is 0 Å². The summed E-state index contributed by atoms with van der Waals surface area (Å²) in [6.45, 7) is 11.8. The third kappa shape index (κ3) is 4.89. The zero-order valence-electron chi connectivity index (χ0n) is 13.2. The molecule has 2 nitrogen and oxygen atoms in total. The van der Waals surface area contributed by atoms with Crippen LogP contribution in [0.15, 0.2) is 30.8 Å². The highest BCUT2D eigenvalue weighted by Crippen LogP contribution is 2.21. The van der Waals surface area contributed by atoms with E-state index in [4.69, 9.17) is 8.85 Å². The molecule has 0 aliphatic carbocycles. The minimum Gasteiger partial charge on any atom is -0.394 e. The molecule has 0 N–H and O–H groups in total. The fourth-order valence-corrected chi connectivity index (χ4v) is 5.41. The average molecular weight is 292 g/mol. The van der Waals surface area contributed by atoms with Crippen LogP contribution in [0.1, 0.15) is 38.3 Å². The molecule has 0 saturated carbocycles. The summed E-state index contributed by atoms with van der Waals surface area (Å²) in [6, 6.07) is 10.5. The lowest BCUT2D eigenvalue weighted by molar-refractivity contribution is 0.176. The lowest BCUT2D eigenvalue weighted by Gasteiger charge is -2.29. The van der Waals surface area contributed by atoms with E-state index in [2.05, 4.69) is 45.5 Å². The number of hydrogen-bond acceptors (Lipinski definition) is 2. The van der Waals surface area contributed by atoms with Crippen LogP contribution in [0.2, 0.25) is 12.1 Å². The Morgan fingerprint density at radius 2 is 1.90 bits per heavy atom. The molecule has 0 bridgehead atoms. The second-order valence-corrected chi connectivity index (χ2v) is 8.55. The Balaban J connectivity index is 2.61. The molecule has 0 aliphatic heterocycles. The Bertz CT molecular complexity index is 398. The van der Waals surface area contributed by atoms with Crippen molar-refractivity contribution in [2.24, 2.45) is 0 Å². The molecule has 112 valence electrons. The Kier molecular flexibility index (Phi) is 7.81. The van der Waals surface area contributed by atoms with Gasteiger partial charge in [-0.1, -0.05) is 57.2 Å². The van der Waals surface area contributed by atoms with Gasteiger partial charge in [0.15, 0.2) is 0 Å². The average Bonchev–Trinajstić information content (AvgIpc) is 2.48. The summed E-state index contributed by atoms with van der Waals surface area (Å²) in [5.41, 5.74) is 2.50. The lowest BCUT2D eigenvalue weighted by Crippen LogP contribution is -2.41. The molecule has 1 atom stereocenters. The predicted molar refractivity (Wildman–Crippen MR) is 89.1 cm³/mol. The highest BCUT2D eigenvalue weighted by molar-refractivity contribution is 6.67. The molecule has 1 unspecified atom stereocenters. The highest BCUT2D eigenvalue weighted by atomic mass is 28.4. The molecule has 1 rings (SSSR count). The van der Waals surface area contributed by atoms with E-state index in [9.17, 15) is 0 Å². The second-order valence-electron chi connectivity index (χ2n) is 4.95. The summed E-state index contributed by atoms with van der Waals surface area (Å²) in [4.78, 5) is 0. The summed E-state index contributed by atoms with van der Waals surface area (Å²) < 4.78 is 12.3. The zero-order valence-corrected chi connectivity index (χ0v) is 14.2. The minimum absolute atomic E-state index is 0.741. The van der Waals surface area contributed by atoms with Gasteiger partial charge in [-0.05, 0) is 36.6 Å². The van der Waals surface area contributed by atoms with Gasteiger partial charge in [0, 0.05) is 13.2 Å². The van der Waals surface area contributed by atoms with Crippen molar-refractivity contribution in [2.45, 2.75) is 45.7 Å². The molecule has 20 heavy (non-hydrogen) atoms. The van der Waals surface area contributed by atoms with Crippen LogP contribution >= 0.6 is 0 Å². The second kappa shape index (κ2) is 9.11. The smallest absolute Gasteiger partial charge is 0.337 e. The third-order valence-electron chi connectivity index (χ3n) is 3.59. The molecule has 0 radical (unpaired) electrons. The maximum Gasteiger partial charge on any atom is 0.337 e. The van der Waals surface area contributed by atoms with E-state index in [0.717, 1.165) is 38.1 Å². The first kappa shape index (κ1) is 17.1. The molecule has 0 heterocycles. The molecule has 0 fully saturated rings. The Morgan fingerprint density at radius 3 is 2.50 bits per heavy atom. The van der Waals surface area contributed by atoms with Gasteiger partial charge in [0.1, 0.15) is 0 Å². The molecular formula is C17H28O2Si. The summed E-state index contributed by atoms with van der Waals surface area (Å²) in [5.74, 6) is 0. The molecule has 0 spiro atoms. The number of hydrogen-bond donors (Lipinski definition) is 0. The van der Waals surface area contributed by atoms with Gasteiger partial charge in [-0.2, -0.15) is 0 Å². The van der Waals surface area contributed by atoms with E-state index in [-0.39, 0.29) is 0 Å². The van der Waals surface area contributed by atoms with Crippen molar-refractivity contribution in [3.63, 3.8) is 0 Å². The van der Waals surface area contributed by atoms with Crippen molar-refractivity contribution in [3.05, 3.63) is 42.0 Å². The molecule has 0 amide bonds. The van der Waals surface area contributed by atoms with Crippen LogP contribution in [-0.2, 0) is 15.3 Å². The topological polar surface area (TPSA) is 18.5 Å². The highest BCUT2D eigenvalue weighted by Gasteiger charge is 2.34. The quantitative estimate of drug-likeness (QED) is 0.577. The first-order chi connectivity index (χ1) is 9.71. The van der Waals surface area contributed by atoms with Gasteiger partial charge in [-0.25, -0.2) is 0 Å². The Morgan fingerprint density at radius 1 is 1.15 bits per heavy atom. The van der Waals surface area contributed by atoms with Crippen molar-refractivity contribution < 1.29 is 8.85 Å². The standard InChI is InChI=1S/C17H28O2Si/c1-5-15-20(8-4,18-7-3)19-14-13-17-12-10-9-11-16(17)6-2/h6,9-12H,2,5,7-8,13-15H2,1,3-4H3. The third-order valence-corrected chi connectivity index (χ3v) is 7.47. The van der Waals surface area contributed by atoms with E-state index in [1.165, 1.54) is 11.1 Å². The molecule has 1 aromatic carbocycles. The van der Waals surface area contributed by atoms with Crippen LogP contribution in [0.4, 0.5) is 0 Å². The van der Waals surface area contributed by atoms with Gasteiger partial charge < -0.3 is 8.85 Å². The number of rotatable bonds is 10. The van der Waals surface area contributed by atoms with E-state index < -0.39 is 8.56 Å². The maximum atomic E-state index is 6.25. The van der Waals surface area contributed by atoms with Gasteiger partial charge in [0.05, 0.1) is 0 Å². The van der Waals surface area contributed by atoms with Gasteiger partial charge in [-0.15, -0.1) is 0 Å². The first-order valence-electron chi connectivity index (χ1n) is 7.69. The monoisotopic (exact) mass is 292 g/mol. The minimum atomic E-state index is -1.98. The van der Waals surface area contributed by atoms with Gasteiger partial charge >= 0.3 is 8.56 Å². The van der Waals surface area contributed by atoms with Gasteiger partial charge in [0.25, 0.3) is 0 Å². The van der Waals surface area contributed by atoms with E-state index in [1.54, 1.807) is 0 Å². The maximum absolute atomic E-state index is 6.25. The van der Waals surface area contributed by atoms with Crippen LogP contribution < -0.4 is 0 Å². The predicted octanol–water partition coefficient (Wildman–Crippen LogP) is 4.80. The Labute approximate surface area is 125 Å². The van der Waals surface area contributed by atoms with E-state index in [1.807, 2.05) is 12.1 Å². The summed E-state index contributed by atoms with van der Waals surface area (Å²) in [5, 5.41) is 0. The van der Waals surface area contributed by atoms with Crippen LogP contribution in [0.5, 0.6) is 0 Å². The van der Waals surface area contributed by atoms with Crippen LogP contribution in [0.25, 0.3) is 6.08 Å². The van der Waals surface area contributed by atoms with E-state index >= 15 is 0 Å². The fraction of sp³-hybridized carbons (Fsp3) is 0.529. The molecule has 3 heteroatoms. The molecule has 1 aromatic rings. The summed E-state index contributed by atoms with van der Waals surface area (Å²) in [6.07, 6.45) is 3.96. The molecule has 0 aliphatic rings. The molecule has 0 aromatic heterocycles. The van der Waals surface area contributed by atoms with Crippen molar-refractivity contribution >= 4 is 14.6 Å². The van der Waals surface area contributed by atoms with Gasteiger partial charge in [-0.3, -0.25) is 0 Å². The van der Waals surface area contributed by atoms with Crippen LogP contribution in [0.3, 0.4) is 0 Å². The van der Waals surface area contributed by atoms with Crippen molar-refractivity contribution in [3.8, 4) is 0 Å². The summed E-state index contributed by atoms with van der Waals surface area (Å²) >= 11 is 0. The van der Waals surface area contributed by atoms with E-state index in [0.29, 0.717) is 0 Å². The van der Waals surface area contributed by atoms with Crippen molar-refractivity contribution in [2.75, 3.05) is 13.2 Å². The largest absolute Gasteiger partial charge is 0.394 e. The van der Waals surface area contributed by atoms with Crippen molar-refractivity contribution in [1.82, 2.24) is 0 Å². The zero-order chi connectivity index (χ0) is 14.8. The summed E-state index contributed by atoms with van der Waals surface area (Å²) in [7, 11) is -1.98. The molecular weight excluding hydrogens is 264 g/mol. The van der Waals surface area contributed by atoms with Crippen LogP contribution in [-0.4, -0.2) is 21.8 Å². The SMILES string of the molecule is C=Cc1ccccc1CCO[Si](CC)(CCC)OCC. The normalized spacial score (nSPS) is 13.9. The Hall–Kier alpha value is -0.903. The molecule has 0 saturated heterocycles. The number of benzene rings is 1. The van der Waals surface area contributed by atoms with Crippen molar-refractivity contribution in [1.29, 1.82) is 0 Å². The fourth-order valence-electron chi connectivity index (χ4n) is 2.52. The first-order valence-corrected chi connectivity index (χ1v) is 9.92. The van der Waals surface area contributed by atoms with Gasteiger partial charge in [0.2, 0.25) is 0 Å². The lowest BCUT2D eigenvalue weighted by atomic mass is 10.1.